The Morgan fingerprint density at radius 3 is 1.01 bits per heavy atom. The molecule has 3 saturated carbocycles. The Kier molecular flexibility index (Phi) is 23.6. The van der Waals surface area contributed by atoms with Gasteiger partial charge in [-0.15, -0.1) is 0 Å². The average molecular weight is 1790 g/mol. The molecular formula is C81H80Br5Cl3N6O9. The Balaban J connectivity index is 0.000000126. The predicted octanol–water partition coefficient (Wildman–Crippen LogP) is 16.7. The summed E-state index contributed by atoms with van der Waals surface area (Å²) in [6, 6.07) is 60.4. The highest BCUT2D eigenvalue weighted by Gasteiger charge is 2.76. The number of nitrogens with zero attached hydrogens (tertiary/aromatic N) is 5. The molecule has 5 N–H and O–H groups in total. The summed E-state index contributed by atoms with van der Waals surface area (Å²) in [5, 5.41) is 41.4. The smallest absolute Gasteiger partial charge is 0.175 e. The number of benzene rings is 6. The first kappa shape index (κ1) is 75.9. The second-order valence-electron chi connectivity index (χ2n) is 27.6. The number of rotatable bonds is 15. The van der Waals surface area contributed by atoms with Crippen molar-refractivity contribution in [1.29, 1.82) is 0 Å². The molecule has 8 aliphatic rings. The lowest BCUT2D eigenvalue weighted by molar-refractivity contribution is -0.135. The molecule has 2 saturated heterocycles. The molecule has 5 fully saturated rings. The number of hydrogen-bond acceptors (Lipinski definition) is 15. The highest BCUT2D eigenvalue weighted by Crippen LogP contribution is 2.72. The Morgan fingerprint density at radius 1 is 0.433 bits per heavy atom. The first-order valence-corrected chi connectivity index (χ1v) is 40.9. The first-order chi connectivity index (χ1) is 50.5. The monoisotopic (exact) mass is 1780 g/mol. The normalized spacial score (nSPS) is 29.0. The Morgan fingerprint density at radius 2 is 0.721 bits per heavy atom. The summed E-state index contributed by atoms with van der Waals surface area (Å²) < 4.78 is 39.5. The fourth-order valence-corrected chi connectivity index (χ4v) is 19.5. The number of nitrogens with two attached hydrogens (primary N) is 1. The van der Waals surface area contributed by atoms with Crippen molar-refractivity contribution in [3.05, 3.63) is 280 Å². The maximum atomic E-state index is 12.9. The van der Waals surface area contributed by atoms with E-state index in [2.05, 4.69) is 189 Å². The lowest BCUT2D eigenvalue weighted by Crippen LogP contribution is -2.53. The van der Waals surface area contributed by atoms with Crippen LogP contribution in [0.5, 0.6) is 17.2 Å². The zero-order valence-electron chi connectivity index (χ0n) is 56.9. The van der Waals surface area contributed by atoms with Crippen LogP contribution in [0.15, 0.2) is 214 Å². The maximum Gasteiger partial charge on any atom is 0.175 e. The van der Waals surface area contributed by atoms with Gasteiger partial charge in [-0.2, -0.15) is 0 Å². The molecule has 0 bridgehead atoms. The third-order valence-corrected chi connectivity index (χ3v) is 25.0. The van der Waals surface area contributed by atoms with E-state index < -0.39 is 33.6 Å². The predicted molar refractivity (Wildman–Crippen MR) is 423 cm³/mol. The molecule has 544 valence electrons. The van der Waals surface area contributed by atoms with E-state index in [1.807, 2.05) is 78.9 Å². The van der Waals surface area contributed by atoms with E-state index in [-0.39, 0.29) is 35.5 Å². The number of fused-ring (bicyclic) bond motifs is 9. The molecule has 0 unspecified atom stereocenters. The molecule has 15 nitrogen and oxygen atoms in total. The molecule has 8 heterocycles. The maximum absolute atomic E-state index is 12.9. The first-order valence-electron chi connectivity index (χ1n) is 35.1. The lowest BCUT2D eigenvalue weighted by Gasteiger charge is -2.42. The summed E-state index contributed by atoms with van der Waals surface area (Å²) in [5.41, 5.74) is 6.92. The lowest BCUT2D eigenvalue weighted by atomic mass is 9.71. The van der Waals surface area contributed by atoms with Crippen LogP contribution in [-0.2, 0) is 47.8 Å². The number of halogens is 8. The van der Waals surface area contributed by atoms with Crippen LogP contribution in [0.4, 0.5) is 0 Å². The summed E-state index contributed by atoms with van der Waals surface area (Å²) in [5.74, 6) is 1.00. The molecule has 9 aromatic rings. The molecular weight excluding hydrogens is 1710 g/mol. The second kappa shape index (κ2) is 32.3. The van der Waals surface area contributed by atoms with Gasteiger partial charge in [-0.05, 0) is 95.6 Å². The van der Waals surface area contributed by atoms with Crippen molar-refractivity contribution in [2.24, 2.45) is 23.5 Å². The van der Waals surface area contributed by atoms with Crippen molar-refractivity contribution in [3.63, 3.8) is 0 Å². The van der Waals surface area contributed by atoms with Gasteiger partial charge in [0.2, 0.25) is 0 Å². The molecule has 3 aromatic heterocycles. The molecule has 23 heteroatoms. The SMILES string of the molecule is BrCCOCCBr.NC[C@H]1C[C@@H](c2ccccc2)[C@]2(c3ccc(Br)cc3)Oc3cc(Cl)cnc3[C@]12O.O[C@]12c3ncc(Cl)cc3O[C@@]1(c1ccc(Br)cc1)[C@H](c1ccccc1)C[C@@H]2CN1CCOCC1.O[C@]12c3ncc(Cl)cc3O[C@@]1(c1ccc(Br)cc1)[C@H](c1ccccc1)C[C@@H]2CN1CCOCC1. The van der Waals surface area contributed by atoms with Crippen LogP contribution in [0, 0.1) is 17.8 Å². The van der Waals surface area contributed by atoms with Crippen LogP contribution in [0.2, 0.25) is 15.1 Å². The number of aliphatic hydroxyl groups is 3. The van der Waals surface area contributed by atoms with E-state index in [1.165, 1.54) is 0 Å². The van der Waals surface area contributed by atoms with E-state index in [9.17, 15) is 15.3 Å². The molecule has 0 amide bonds. The van der Waals surface area contributed by atoms with Gasteiger partial charge in [-0.3, -0.25) is 24.8 Å². The molecule has 6 aromatic carbocycles. The Labute approximate surface area is 664 Å². The van der Waals surface area contributed by atoms with E-state index in [0.29, 0.717) is 88.8 Å². The number of ether oxygens (including phenoxy) is 6. The molecule has 5 aliphatic heterocycles. The van der Waals surface area contributed by atoms with Crippen molar-refractivity contribution in [3.8, 4) is 17.2 Å². The summed E-state index contributed by atoms with van der Waals surface area (Å²) >= 11 is 36.0. The zero-order valence-corrected chi connectivity index (χ0v) is 67.1. The average Bonchev–Trinajstić information content (AvgIpc) is 1.52. The molecule has 3 aliphatic carbocycles. The van der Waals surface area contributed by atoms with Gasteiger partial charge in [0.15, 0.2) is 33.6 Å². The molecule has 12 atom stereocenters. The number of pyridine rings is 3. The number of morpholine rings is 2. The summed E-state index contributed by atoms with van der Waals surface area (Å²) in [7, 11) is 0. The third-order valence-electron chi connectivity index (χ3n) is 22.2. The quantitative estimate of drug-likeness (QED) is 0.0560. The number of aromatic nitrogens is 3. The minimum Gasteiger partial charge on any atom is -0.476 e. The van der Waals surface area contributed by atoms with Gasteiger partial charge in [0.25, 0.3) is 0 Å². The van der Waals surface area contributed by atoms with Crippen molar-refractivity contribution in [1.82, 2.24) is 24.8 Å². The third kappa shape index (κ3) is 13.7. The molecule has 0 radical (unpaired) electrons. The van der Waals surface area contributed by atoms with E-state index >= 15 is 0 Å². The molecule has 17 rings (SSSR count). The minimum atomic E-state index is -1.37. The summed E-state index contributed by atoms with van der Waals surface area (Å²) in [6.45, 7) is 9.72. The van der Waals surface area contributed by atoms with Crippen LogP contribution < -0.4 is 19.9 Å². The highest BCUT2D eigenvalue weighted by atomic mass is 79.9. The van der Waals surface area contributed by atoms with Gasteiger partial charge in [-0.25, -0.2) is 0 Å². The van der Waals surface area contributed by atoms with Crippen LogP contribution >= 0.6 is 114 Å². The van der Waals surface area contributed by atoms with Gasteiger partial charge in [0.05, 0.1) is 54.7 Å². The van der Waals surface area contributed by atoms with E-state index in [4.69, 9.17) is 69.0 Å². The summed E-state index contributed by atoms with van der Waals surface area (Å²) in [6.07, 6.45) is 7.02. The van der Waals surface area contributed by atoms with Crippen molar-refractivity contribution in [2.75, 3.05) is 96.1 Å². The summed E-state index contributed by atoms with van der Waals surface area (Å²) in [4.78, 5) is 18.6. The van der Waals surface area contributed by atoms with Crippen molar-refractivity contribution >= 4 is 114 Å². The van der Waals surface area contributed by atoms with Gasteiger partial charge in [0, 0.05) is 136 Å². The molecule has 0 spiro atoms. The number of hydrogen-bond donors (Lipinski definition) is 4. The Hall–Kier alpha value is -4.92. The van der Waals surface area contributed by atoms with Gasteiger partial charge < -0.3 is 49.5 Å². The standard InChI is InChI=1S/2C27H26BrClN2O3.C23H20BrClN2O2.C4H8Br2O/c2*28-21-8-6-19(7-9-21)27-23(18-4-2-1-3-5-18)14-20(17-31-10-12-33-13-11-31)26(27,32)25-24(34-27)15-22(29)16-30-25;24-17-8-6-15(7-9-17)23-19(14-4-2-1-3-5-14)10-16(12-26)22(23,28)21-20(29-23)11-18(25)13-27-21;5-1-3-7-4-2-6/h2*1-9,15-16,20,23,32H,10-14,17H2;1-9,11,13,16,19,28H,10,12,26H2;1-4H2/t2*20-,23+,26-,27+;16-,19+,22-,23+;/m111./s1. The van der Waals surface area contributed by atoms with Crippen LogP contribution in [0.1, 0.15) is 87.5 Å². The van der Waals surface area contributed by atoms with Gasteiger partial charge in [0.1, 0.15) is 34.3 Å². The second-order valence-corrected chi connectivity index (χ2v) is 33.2. The van der Waals surface area contributed by atoms with Crippen LogP contribution in [0.3, 0.4) is 0 Å². The minimum absolute atomic E-state index is 0.0705. The van der Waals surface area contributed by atoms with E-state index in [0.717, 1.165) is 123 Å². The zero-order chi connectivity index (χ0) is 72.4. The van der Waals surface area contributed by atoms with E-state index in [1.54, 1.807) is 36.8 Å². The van der Waals surface area contributed by atoms with Crippen LogP contribution in [0.25, 0.3) is 0 Å². The van der Waals surface area contributed by atoms with Crippen molar-refractivity contribution < 1.29 is 43.7 Å². The fraction of sp³-hybridized carbons (Fsp3) is 0.370. The topological polar surface area (TPSA) is 187 Å². The Bertz CT molecular complexity index is 4230. The number of alkyl halides is 2. The molecule has 104 heavy (non-hydrogen) atoms. The van der Waals surface area contributed by atoms with Gasteiger partial charge in [-0.1, -0.05) is 242 Å². The van der Waals surface area contributed by atoms with Crippen molar-refractivity contribution in [2.45, 2.75) is 70.6 Å². The van der Waals surface area contributed by atoms with Gasteiger partial charge >= 0.3 is 0 Å². The fourth-order valence-electron chi connectivity index (χ4n) is 17.8. The van der Waals surface area contributed by atoms with Crippen LogP contribution in [-0.4, -0.2) is 136 Å². The highest BCUT2D eigenvalue weighted by molar-refractivity contribution is 9.11. The largest absolute Gasteiger partial charge is 0.476 e.